The number of anilines is 1. The fourth-order valence-electron chi connectivity index (χ4n) is 2.81. The average Bonchev–Trinajstić information content (AvgIpc) is 2.39. The zero-order valence-electron chi connectivity index (χ0n) is 9.82. The molecule has 2 aliphatic rings. The van der Waals surface area contributed by atoms with Gasteiger partial charge < -0.3 is 5.32 Å². The van der Waals surface area contributed by atoms with Crippen LogP contribution in [0.25, 0.3) is 0 Å². The van der Waals surface area contributed by atoms with E-state index in [9.17, 15) is 4.79 Å². The number of thioether (sulfide) groups is 1. The lowest BCUT2D eigenvalue weighted by Crippen LogP contribution is -2.35. The van der Waals surface area contributed by atoms with Crippen LogP contribution in [0.4, 0.5) is 5.69 Å². The Hall–Kier alpha value is -0.960. The van der Waals surface area contributed by atoms with Crippen LogP contribution in [0.2, 0.25) is 0 Å². The summed E-state index contributed by atoms with van der Waals surface area (Å²) in [5, 5.41) is 3.18. The van der Waals surface area contributed by atoms with Crippen LogP contribution in [0.5, 0.6) is 0 Å². The summed E-state index contributed by atoms with van der Waals surface area (Å²) in [5.41, 5.74) is 0.981. The van der Waals surface area contributed by atoms with E-state index in [4.69, 9.17) is 0 Å². The highest BCUT2D eigenvalue weighted by Crippen LogP contribution is 2.42. The molecule has 1 aliphatic heterocycles. The van der Waals surface area contributed by atoms with Gasteiger partial charge in [-0.15, -0.1) is 11.8 Å². The molecular formula is C14H17NOS. The van der Waals surface area contributed by atoms with Crippen LogP contribution in [0.1, 0.15) is 32.1 Å². The highest BCUT2D eigenvalue weighted by atomic mass is 32.2. The zero-order chi connectivity index (χ0) is 11.7. The summed E-state index contributed by atoms with van der Waals surface area (Å²) in [6.45, 7) is 0. The van der Waals surface area contributed by atoms with Crippen LogP contribution >= 0.6 is 11.8 Å². The van der Waals surface area contributed by atoms with E-state index in [1.54, 1.807) is 11.8 Å². The Morgan fingerprint density at radius 3 is 2.71 bits per heavy atom. The summed E-state index contributed by atoms with van der Waals surface area (Å²) in [5.74, 6) is 0.780. The Kier molecular flexibility index (Phi) is 3.10. The van der Waals surface area contributed by atoms with Crippen molar-refractivity contribution in [2.24, 2.45) is 5.92 Å². The maximum absolute atomic E-state index is 12.1. The lowest BCUT2D eigenvalue weighted by molar-refractivity contribution is -0.116. The number of nitrogens with one attached hydrogen (secondary N) is 1. The van der Waals surface area contributed by atoms with Gasteiger partial charge >= 0.3 is 0 Å². The molecule has 0 bridgehead atoms. The van der Waals surface area contributed by atoms with Crippen molar-refractivity contribution < 1.29 is 4.79 Å². The smallest absolute Gasteiger partial charge is 0.238 e. The van der Waals surface area contributed by atoms with Gasteiger partial charge in [0.15, 0.2) is 0 Å². The third kappa shape index (κ3) is 2.21. The maximum atomic E-state index is 12.1. The molecule has 1 N–H and O–H groups in total. The molecule has 1 amide bonds. The lowest BCUT2D eigenvalue weighted by Gasteiger charge is -2.32. The van der Waals surface area contributed by atoms with Gasteiger partial charge in [-0.2, -0.15) is 0 Å². The zero-order valence-corrected chi connectivity index (χ0v) is 10.6. The quantitative estimate of drug-likeness (QED) is 0.820. The molecule has 2 nitrogen and oxygen atoms in total. The molecule has 3 rings (SSSR count). The van der Waals surface area contributed by atoms with E-state index in [1.165, 1.54) is 37.0 Å². The largest absolute Gasteiger partial charge is 0.324 e. The monoisotopic (exact) mass is 247 g/mol. The van der Waals surface area contributed by atoms with Gasteiger partial charge in [0.05, 0.1) is 10.9 Å². The average molecular weight is 247 g/mol. The summed E-state index contributed by atoms with van der Waals surface area (Å²) in [7, 11) is 0. The number of para-hydroxylation sites is 1. The first-order valence-electron chi connectivity index (χ1n) is 6.41. The Labute approximate surface area is 106 Å². The number of amides is 1. The van der Waals surface area contributed by atoms with Crippen LogP contribution in [0.3, 0.4) is 0 Å². The summed E-state index contributed by atoms with van der Waals surface area (Å²) >= 11 is 1.76. The summed E-state index contributed by atoms with van der Waals surface area (Å²) in [6, 6.07) is 8.11. The normalized spacial score (nSPS) is 25.2. The van der Waals surface area contributed by atoms with Crippen molar-refractivity contribution in [3.05, 3.63) is 24.3 Å². The molecule has 1 saturated carbocycles. The number of hydrogen-bond acceptors (Lipinski definition) is 2. The van der Waals surface area contributed by atoms with Crippen LogP contribution in [0, 0.1) is 5.92 Å². The summed E-state index contributed by atoms with van der Waals surface area (Å²) < 4.78 is 0. The van der Waals surface area contributed by atoms with Crippen molar-refractivity contribution in [1.82, 2.24) is 0 Å². The van der Waals surface area contributed by atoms with Gasteiger partial charge in [-0.25, -0.2) is 0 Å². The van der Waals surface area contributed by atoms with Crippen molar-refractivity contribution in [3.8, 4) is 0 Å². The van der Waals surface area contributed by atoms with E-state index in [0.717, 1.165) is 5.69 Å². The topological polar surface area (TPSA) is 29.1 Å². The molecule has 0 spiro atoms. The second kappa shape index (κ2) is 4.73. The van der Waals surface area contributed by atoms with Crippen molar-refractivity contribution >= 4 is 23.4 Å². The standard InChI is InChI=1S/C14H17NOS/c16-14-13(10-6-2-1-3-7-10)17-12-9-5-4-8-11(12)15-14/h4-5,8-10,13H,1-3,6-7H2,(H,15,16). The summed E-state index contributed by atoms with van der Waals surface area (Å²) in [6.07, 6.45) is 6.35. The van der Waals surface area contributed by atoms with E-state index < -0.39 is 0 Å². The molecule has 1 unspecified atom stereocenters. The van der Waals surface area contributed by atoms with Crippen LogP contribution in [-0.2, 0) is 4.79 Å². The van der Waals surface area contributed by atoms with E-state index in [1.807, 2.05) is 18.2 Å². The van der Waals surface area contributed by atoms with Gasteiger partial charge in [-0.05, 0) is 30.9 Å². The number of carbonyl (C=O) groups excluding carboxylic acids is 1. The first-order valence-corrected chi connectivity index (χ1v) is 7.29. The number of rotatable bonds is 1. The highest BCUT2D eigenvalue weighted by molar-refractivity contribution is 8.01. The molecule has 1 aliphatic carbocycles. The molecule has 3 heteroatoms. The lowest BCUT2D eigenvalue weighted by atomic mass is 9.86. The number of hydrogen-bond donors (Lipinski definition) is 1. The molecule has 1 aromatic rings. The number of benzene rings is 1. The third-order valence-electron chi connectivity index (χ3n) is 3.74. The first kappa shape index (κ1) is 11.1. The van der Waals surface area contributed by atoms with Crippen molar-refractivity contribution in [2.45, 2.75) is 42.2 Å². The van der Waals surface area contributed by atoms with Crippen molar-refractivity contribution in [1.29, 1.82) is 0 Å². The van der Waals surface area contributed by atoms with Gasteiger partial charge in [0.1, 0.15) is 0 Å². The molecule has 17 heavy (non-hydrogen) atoms. The fraction of sp³-hybridized carbons (Fsp3) is 0.500. The molecule has 1 heterocycles. The Bertz CT molecular complexity index is 426. The van der Waals surface area contributed by atoms with E-state index in [-0.39, 0.29) is 11.2 Å². The van der Waals surface area contributed by atoms with Crippen LogP contribution in [-0.4, -0.2) is 11.2 Å². The predicted molar refractivity (Wildman–Crippen MR) is 71.3 cm³/mol. The first-order chi connectivity index (χ1) is 8.34. The minimum Gasteiger partial charge on any atom is -0.324 e. The van der Waals surface area contributed by atoms with Crippen molar-refractivity contribution in [2.75, 3.05) is 5.32 Å². The van der Waals surface area contributed by atoms with Crippen LogP contribution < -0.4 is 5.32 Å². The molecule has 0 aromatic heterocycles. The Morgan fingerprint density at radius 1 is 1.12 bits per heavy atom. The molecule has 90 valence electrons. The minimum absolute atomic E-state index is 0.130. The van der Waals surface area contributed by atoms with Gasteiger partial charge in [-0.3, -0.25) is 4.79 Å². The molecular weight excluding hydrogens is 230 g/mol. The molecule has 0 saturated heterocycles. The Balaban J connectivity index is 1.81. The third-order valence-corrected chi connectivity index (χ3v) is 5.20. The second-order valence-electron chi connectivity index (χ2n) is 4.92. The number of fused-ring (bicyclic) bond motifs is 1. The van der Waals surface area contributed by atoms with E-state index >= 15 is 0 Å². The van der Waals surface area contributed by atoms with Crippen molar-refractivity contribution in [3.63, 3.8) is 0 Å². The highest BCUT2D eigenvalue weighted by Gasteiger charge is 2.33. The van der Waals surface area contributed by atoms with E-state index in [0.29, 0.717) is 5.92 Å². The van der Waals surface area contributed by atoms with Gasteiger partial charge in [0.25, 0.3) is 0 Å². The fourth-order valence-corrected chi connectivity index (χ4v) is 4.12. The molecule has 1 atom stereocenters. The summed E-state index contributed by atoms with van der Waals surface area (Å²) in [4.78, 5) is 13.3. The Morgan fingerprint density at radius 2 is 1.88 bits per heavy atom. The molecule has 1 fully saturated rings. The second-order valence-corrected chi connectivity index (χ2v) is 6.11. The van der Waals surface area contributed by atoms with Gasteiger partial charge in [-0.1, -0.05) is 31.4 Å². The van der Waals surface area contributed by atoms with E-state index in [2.05, 4.69) is 11.4 Å². The SMILES string of the molecule is O=C1Nc2ccccc2SC1C1CCCCC1. The predicted octanol–water partition coefficient (Wildman–Crippen LogP) is 3.68. The minimum atomic E-state index is 0.130. The van der Waals surface area contributed by atoms with Gasteiger partial charge in [0.2, 0.25) is 5.91 Å². The van der Waals surface area contributed by atoms with Gasteiger partial charge in [0, 0.05) is 4.90 Å². The molecule has 0 radical (unpaired) electrons. The maximum Gasteiger partial charge on any atom is 0.238 e. The molecule has 1 aromatic carbocycles. The van der Waals surface area contributed by atoms with Crippen LogP contribution in [0.15, 0.2) is 29.2 Å². The number of carbonyl (C=O) groups is 1.